The van der Waals surface area contributed by atoms with E-state index in [1.54, 1.807) is 20.1 Å². The second kappa shape index (κ2) is 8.23. The number of ether oxygens (including phenoxy) is 1. The molecular weight excluding hydrogens is 330 g/mol. The number of hydrogen-bond donors (Lipinski definition) is 2. The summed E-state index contributed by atoms with van der Waals surface area (Å²) < 4.78 is 31.3. The fourth-order valence-electron chi connectivity index (χ4n) is 2.31. The van der Waals surface area contributed by atoms with Gasteiger partial charge in [-0.2, -0.15) is 0 Å². The summed E-state index contributed by atoms with van der Waals surface area (Å²) in [5, 5.41) is 4.70. The molecule has 25 heavy (non-hydrogen) atoms. The van der Waals surface area contributed by atoms with Crippen molar-refractivity contribution in [3.63, 3.8) is 0 Å². The van der Waals surface area contributed by atoms with Crippen molar-refractivity contribution in [3.05, 3.63) is 59.7 Å². The summed E-state index contributed by atoms with van der Waals surface area (Å²) >= 11 is 0. The molecule has 0 heterocycles. The third-order valence-electron chi connectivity index (χ3n) is 3.38. The minimum Gasteiger partial charge on any atom is -0.497 e. The largest absolute Gasteiger partial charge is 0.497 e. The van der Waals surface area contributed by atoms with Gasteiger partial charge in [-0.1, -0.05) is 12.1 Å². The first kappa shape index (κ1) is 18.4. The molecule has 2 amide bonds. The second-order valence-corrected chi connectivity index (χ2v) is 5.54. The minimum atomic E-state index is -0.998. The van der Waals surface area contributed by atoms with Crippen molar-refractivity contribution in [1.29, 1.82) is 0 Å². The van der Waals surface area contributed by atoms with Crippen LogP contribution >= 0.6 is 0 Å². The van der Waals surface area contributed by atoms with Crippen LogP contribution in [0.15, 0.2) is 42.5 Å². The Morgan fingerprint density at radius 3 is 2.40 bits per heavy atom. The Bertz CT molecular complexity index is 760. The van der Waals surface area contributed by atoms with E-state index in [4.69, 9.17) is 4.74 Å². The zero-order valence-electron chi connectivity index (χ0n) is 13.8. The molecule has 2 rings (SSSR count). The summed E-state index contributed by atoms with van der Waals surface area (Å²) in [5.74, 6) is -2.88. The standard InChI is InChI=1S/C18H18F2N2O3/c1-11(6-12-4-3-5-16(7-12)25-2)21-17(23)18(24)22-15-9-13(19)8-14(20)10-15/h3-5,7-11H,6H2,1-2H3,(H,21,23)(H,22,24). The fraction of sp³-hybridized carbons (Fsp3) is 0.222. The van der Waals surface area contributed by atoms with Crippen molar-refractivity contribution >= 4 is 17.5 Å². The van der Waals surface area contributed by atoms with Crippen molar-refractivity contribution < 1.29 is 23.1 Å². The normalized spacial score (nSPS) is 11.5. The van der Waals surface area contributed by atoms with Gasteiger partial charge in [-0.3, -0.25) is 9.59 Å². The molecule has 0 aliphatic heterocycles. The lowest BCUT2D eigenvalue weighted by atomic mass is 10.1. The molecule has 0 saturated carbocycles. The molecule has 0 spiro atoms. The molecule has 1 unspecified atom stereocenters. The lowest BCUT2D eigenvalue weighted by molar-refractivity contribution is -0.136. The van der Waals surface area contributed by atoms with Crippen LogP contribution in [-0.2, 0) is 16.0 Å². The van der Waals surface area contributed by atoms with Gasteiger partial charge < -0.3 is 15.4 Å². The molecule has 0 aliphatic rings. The first-order valence-electron chi connectivity index (χ1n) is 7.58. The number of halogens is 2. The quantitative estimate of drug-likeness (QED) is 0.817. The molecule has 0 radical (unpaired) electrons. The molecule has 2 N–H and O–H groups in total. The lowest BCUT2D eigenvalue weighted by Crippen LogP contribution is -2.41. The number of carbonyl (C=O) groups excluding carboxylic acids is 2. The van der Waals surface area contributed by atoms with Gasteiger partial charge in [-0.05, 0) is 43.2 Å². The monoisotopic (exact) mass is 348 g/mol. The van der Waals surface area contributed by atoms with Crippen molar-refractivity contribution in [1.82, 2.24) is 5.32 Å². The van der Waals surface area contributed by atoms with E-state index in [0.717, 1.165) is 17.7 Å². The number of benzene rings is 2. The molecule has 0 fully saturated rings. The maximum absolute atomic E-state index is 13.1. The van der Waals surface area contributed by atoms with Gasteiger partial charge in [0.2, 0.25) is 0 Å². The van der Waals surface area contributed by atoms with Gasteiger partial charge in [-0.25, -0.2) is 8.78 Å². The van der Waals surface area contributed by atoms with Crippen LogP contribution in [0.4, 0.5) is 14.5 Å². The Kier molecular flexibility index (Phi) is 6.05. The summed E-state index contributed by atoms with van der Waals surface area (Å²) in [5.41, 5.74) is 0.804. The predicted octanol–water partition coefficient (Wildman–Crippen LogP) is 2.66. The van der Waals surface area contributed by atoms with Crippen LogP contribution in [0.5, 0.6) is 5.75 Å². The highest BCUT2D eigenvalue weighted by Crippen LogP contribution is 2.14. The molecular formula is C18H18F2N2O3. The summed E-state index contributed by atoms with van der Waals surface area (Å²) in [6.07, 6.45) is 0.491. The van der Waals surface area contributed by atoms with E-state index in [0.29, 0.717) is 18.2 Å². The Balaban J connectivity index is 1.92. The highest BCUT2D eigenvalue weighted by molar-refractivity contribution is 6.39. The third-order valence-corrected chi connectivity index (χ3v) is 3.38. The van der Waals surface area contributed by atoms with E-state index in [1.807, 2.05) is 18.2 Å². The first-order valence-corrected chi connectivity index (χ1v) is 7.58. The van der Waals surface area contributed by atoms with Crippen LogP contribution in [0.25, 0.3) is 0 Å². The number of methoxy groups -OCH3 is 1. The summed E-state index contributed by atoms with van der Waals surface area (Å²) in [4.78, 5) is 23.7. The van der Waals surface area contributed by atoms with Crippen molar-refractivity contribution in [2.75, 3.05) is 12.4 Å². The molecule has 132 valence electrons. The minimum absolute atomic E-state index is 0.127. The average Bonchev–Trinajstić information content (AvgIpc) is 2.53. The van der Waals surface area contributed by atoms with E-state index in [2.05, 4.69) is 10.6 Å². The number of nitrogens with one attached hydrogen (secondary N) is 2. The molecule has 1 atom stereocenters. The first-order chi connectivity index (χ1) is 11.9. The Morgan fingerprint density at radius 1 is 1.08 bits per heavy atom. The molecule has 5 nitrogen and oxygen atoms in total. The molecule has 7 heteroatoms. The number of hydrogen-bond acceptors (Lipinski definition) is 3. The third kappa shape index (κ3) is 5.56. The highest BCUT2D eigenvalue weighted by atomic mass is 19.1. The van der Waals surface area contributed by atoms with Crippen molar-refractivity contribution in [2.45, 2.75) is 19.4 Å². The van der Waals surface area contributed by atoms with E-state index in [9.17, 15) is 18.4 Å². The fourth-order valence-corrected chi connectivity index (χ4v) is 2.31. The molecule has 0 saturated heterocycles. The summed E-state index contributed by atoms with van der Waals surface area (Å²) in [6, 6.07) is 9.54. The zero-order valence-corrected chi connectivity index (χ0v) is 13.8. The van der Waals surface area contributed by atoms with E-state index >= 15 is 0 Å². The van der Waals surface area contributed by atoms with Gasteiger partial charge >= 0.3 is 11.8 Å². The number of carbonyl (C=O) groups is 2. The van der Waals surface area contributed by atoms with Crippen LogP contribution in [0.1, 0.15) is 12.5 Å². The van der Waals surface area contributed by atoms with E-state index in [-0.39, 0.29) is 11.7 Å². The topological polar surface area (TPSA) is 67.4 Å². The molecule has 2 aromatic rings. The Hall–Kier alpha value is -2.96. The van der Waals surface area contributed by atoms with Crippen LogP contribution < -0.4 is 15.4 Å². The van der Waals surface area contributed by atoms with Crippen LogP contribution in [0.3, 0.4) is 0 Å². The van der Waals surface area contributed by atoms with Crippen LogP contribution in [0.2, 0.25) is 0 Å². The number of anilines is 1. The maximum Gasteiger partial charge on any atom is 0.313 e. The van der Waals surface area contributed by atoms with Gasteiger partial charge in [0.25, 0.3) is 0 Å². The summed E-state index contributed by atoms with van der Waals surface area (Å²) in [7, 11) is 1.56. The van der Waals surface area contributed by atoms with Crippen molar-refractivity contribution in [2.24, 2.45) is 0 Å². The number of rotatable bonds is 5. The maximum atomic E-state index is 13.1. The molecule has 0 aliphatic carbocycles. The van der Waals surface area contributed by atoms with Crippen LogP contribution in [0, 0.1) is 11.6 Å². The van der Waals surface area contributed by atoms with Crippen LogP contribution in [-0.4, -0.2) is 25.0 Å². The van der Waals surface area contributed by atoms with Gasteiger partial charge in [0.05, 0.1) is 7.11 Å². The Morgan fingerprint density at radius 2 is 1.76 bits per heavy atom. The van der Waals surface area contributed by atoms with Gasteiger partial charge in [-0.15, -0.1) is 0 Å². The van der Waals surface area contributed by atoms with E-state index < -0.39 is 23.4 Å². The second-order valence-electron chi connectivity index (χ2n) is 5.54. The Labute approximate surface area is 144 Å². The van der Waals surface area contributed by atoms with Crippen molar-refractivity contribution in [3.8, 4) is 5.75 Å². The van der Waals surface area contributed by atoms with Gasteiger partial charge in [0, 0.05) is 17.8 Å². The molecule has 0 bridgehead atoms. The lowest BCUT2D eigenvalue weighted by Gasteiger charge is -2.14. The number of amides is 2. The molecule has 0 aromatic heterocycles. The average molecular weight is 348 g/mol. The predicted molar refractivity (Wildman–Crippen MR) is 89.3 cm³/mol. The smallest absolute Gasteiger partial charge is 0.313 e. The SMILES string of the molecule is COc1cccc(CC(C)NC(=O)C(=O)Nc2cc(F)cc(F)c2)c1. The highest BCUT2D eigenvalue weighted by Gasteiger charge is 2.17. The van der Waals surface area contributed by atoms with Gasteiger partial charge in [0.1, 0.15) is 17.4 Å². The summed E-state index contributed by atoms with van der Waals surface area (Å²) in [6.45, 7) is 1.74. The van der Waals surface area contributed by atoms with E-state index in [1.165, 1.54) is 0 Å². The molecule has 2 aromatic carbocycles. The van der Waals surface area contributed by atoms with Gasteiger partial charge in [0.15, 0.2) is 0 Å². The zero-order chi connectivity index (χ0) is 18.4.